The van der Waals surface area contributed by atoms with Crippen LogP contribution in [-0.2, 0) is 0 Å². The monoisotopic (exact) mass is 323 g/mol. The molecule has 2 unspecified atom stereocenters. The average Bonchev–Trinajstić information content (AvgIpc) is 3.23. The van der Waals surface area contributed by atoms with Crippen LogP contribution in [0.15, 0.2) is 22.9 Å². The second kappa shape index (κ2) is 5.90. The van der Waals surface area contributed by atoms with E-state index in [-0.39, 0.29) is 0 Å². The SMILES string of the molecule is CNCC1CCCN(C2CC2)C1c1cncc(Br)c1. The van der Waals surface area contributed by atoms with Gasteiger partial charge in [0.05, 0.1) is 0 Å². The van der Waals surface area contributed by atoms with E-state index in [2.05, 4.69) is 50.4 Å². The summed E-state index contributed by atoms with van der Waals surface area (Å²) in [6, 6.07) is 3.61. The fourth-order valence-corrected chi connectivity index (χ4v) is 3.83. The van der Waals surface area contributed by atoms with E-state index < -0.39 is 0 Å². The molecule has 1 N–H and O–H groups in total. The molecule has 2 atom stereocenters. The molecule has 1 saturated heterocycles. The molecule has 0 bridgehead atoms. The fourth-order valence-electron chi connectivity index (χ4n) is 3.45. The zero-order valence-corrected chi connectivity index (χ0v) is 13.1. The van der Waals surface area contributed by atoms with Gasteiger partial charge < -0.3 is 5.32 Å². The van der Waals surface area contributed by atoms with E-state index in [4.69, 9.17) is 0 Å². The van der Waals surface area contributed by atoms with Crippen LogP contribution in [0.5, 0.6) is 0 Å². The number of pyridine rings is 1. The average molecular weight is 324 g/mol. The molecule has 1 aliphatic carbocycles. The van der Waals surface area contributed by atoms with Crippen LogP contribution in [-0.4, -0.2) is 36.1 Å². The number of hydrogen-bond acceptors (Lipinski definition) is 3. The summed E-state index contributed by atoms with van der Waals surface area (Å²) in [6.45, 7) is 2.35. The molecule has 0 aromatic carbocycles. The maximum Gasteiger partial charge on any atom is 0.0410 e. The molecule has 1 aromatic rings. The van der Waals surface area contributed by atoms with Gasteiger partial charge in [0, 0.05) is 29.0 Å². The Labute approximate surface area is 123 Å². The summed E-state index contributed by atoms with van der Waals surface area (Å²) in [7, 11) is 2.06. The minimum atomic E-state index is 0.540. The van der Waals surface area contributed by atoms with Gasteiger partial charge in [0.15, 0.2) is 0 Å². The fraction of sp³-hybridized carbons (Fsp3) is 0.667. The summed E-state index contributed by atoms with van der Waals surface area (Å²) in [4.78, 5) is 7.11. The number of likely N-dealkylation sites (tertiary alicyclic amines) is 1. The second-order valence-corrected chi connectivity index (χ2v) is 6.73. The van der Waals surface area contributed by atoms with Crippen molar-refractivity contribution in [3.63, 3.8) is 0 Å². The van der Waals surface area contributed by atoms with Gasteiger partial charge in [0.1, 0.15) is 0 Å². The molecule has 0 spiro atoms. The van der Waals surface area contributed by atoms with E-state index in [0.29, 0.717) is 12.0 Å². The van der Waals surface area contributed by atoms with Gasteiger partial charge in [-0.15, -0.1) is 0 Å². The minimum absolute atomic E-state index is 0.540. The third kappa shape index (κ3) is 3.01. The molecule has 0 amide bonds. The largest absolute Gasteiger partial charge is 0.319 e. The van der Waals surface area contributed by atoms with Crippen LogP contribution in [0.1, 0.15) is 37.3 Å². The molecule has 0 radical (unpaired) electrons. The van der Waals surface area contributed by atoms with E-state index >= 15 is 0 Å². The number of piperidine rings is 1. The van der Waals surface area contributed by atoms with Gasteiger partial charge in [-0.05, 0) is 79.3 Å². The van der Waals surface area contributed by atoms with Crippen LogP contribution >= 0.6 is 15.9 Å². The smallest absolute Gasteiger partial charge is 0.0410 e. The normalized spacial score (nSPS) is 28.5. The molecule has 104 valence electrons. The Morgan fingerprint density at radius 2 is 2.21 bits per heavy atom. The van der Waals surface area contributed by atoms with Crippen molar-refractivity contribution in [1.82, 2.24) is 15.2 Å². The van der Waals surface area contributed by atoms with Crippen LogP contribution in [0.4, 0.5) is 0 Å². The molecule has 3 nitrogen and oxygen atoms in total. The van der Waals surface area contributed by atoms with Gasteiger partial charge in [-0.1, -0.05) is 0 Å². The zero-order valence-electron chi connectivity index (χ0n) is 11.5. The lowest BCUT2D eigenvalue weighted by atomic mass is 9.85. The van der Waals surface area contributed by atoms with Crippen molar-refractivity contribution < 1.29 is 0 Å². The molecule has 2 aliphatic rings. The highest BCUT2D eigenvalue weighted by molar-refractivity contribution is 9.10. The van der Waals surface area contributed by atoms with Gasteiger partial charge >= 0.3 is 0 Å². The summed E-state index contributed by atoms with van der Waals surface area (Å²) < 4.78 is 1.09. The van der Waals surface area contributed by atoms with Crippen molar-refractivity contribution in [2.45, 2.75) is 37.8 Å². The van der Waals surface area contributed by atoms with Gasteiger partial charge in [-0.2, -0.15) is 0 Å². The first-order valence-corrected chi connectivity index (χ1v) is 8.09. The van der Waals surface area contributed by atoms with E-state index in [1.807, 2.05) is 6.20 Å². The van der Waals surface area contributed by atoms with Gasteiger partial charge in [0.2, 0.25) is 0 Å². The first-order chi connectivity index (χ1) is 9.29. The van der Waals surface area contributed by atoms with Gasteiger partial charge in [-0.25, -0.2) is 0 Å². The predicted molar refractivity (Wildman–Crippen MR) is 81.1 cm³/mol. The summed E-state index contributed by atoms with van der Waals surface area (Å²) in [5.74, 6) is 0.704. The van der Waals surface area contributed by atoms with Crippen molar-refractivity contribution in [3.8, 4) is 0 Å². The number of aromatic nitrogens is 1. The molecule has 2 fully saturated rings. The summed E-state index contributed by atoms with van der Waals surface area (Å²) >= 11 is 3.56. The molecule has 1 saturated carbocycles. The molecule has 2 heterocycles. The standard InChI is InChI=1S/C15H22BrN3/c1-17-8-11-3-2-6-19(14-4-5-14)15(11)12-7-13(16)10-18-9-12/h7,9-11,14-15,17H,2-6,8H2,1H3. The molecule has 4 heteroatoms. The summed E-state index contributed by atoms with van der Waals surface area (Å²) in [5.41, 5.74) is 1.38. The summed E-state index contributed by atoms with van der Waals surface area (Å²) in [6.07, 6.45) is 9.34. The van der Waals surface area contributed by atoms with Crippen molar-refractivity contribution >= 4 is 15.9 Å². The zero-order chi connectivity index (χ0) is 13.2. The molecule has 1 aliphatic heterocycles. The third-order valence-electron chi connectivity index (χ3n) is 4.34. The molecule has 1 aromatic heterocycles. The lowest BCUT2D eigenvalue weighted by Crippen LogP contribution is -2.43. The summed E-state index contributed by atoms with van der Waals surface area (Å²) in [5, 5.41) is 3.37. The number of hydrogen-bond donors (Lipinski definition) is 1. The topological polar surface area (TPSA) is 28.2 Å². The van der Waals surface area contributed by atoms with Crippen LogP contribution < -0.4 is 5.32 Å². The lowest BCUT2D eigenvalue weighted by Gasteiger charge is -2.42. The highest BCUT2D eigenvalue weighted by Crippen LogP contribution is 2.42. The number of nitrogens with one attached hydrogen (secondary N) is 1. The van der Waals surface area contributed by atoms with Crippen LogP contribution in [0.25, 0.3) is 0 Å². The Bertz CT molecular complexity index is 431. The first-order valence-electron chi connectivity index (χ1n) is 7.30. The molecular weight excluding hydrogens is 302 g/mol. The van der Waals surface area contributed by atoms with E-state index in [1.54, 1.807) is 0 Å². The molecule has 3 rings (SSSR count). The Balaban J connectivity index is 1.89. The van der Waals surface area contributed by atoms with Crippen LogP contribution in [0.2, 0.25) is 0 Å². The maximum absolute atomic E-state index is 4.37. The number of halogens is 1. The van der Waals surface area contributed by atoms with Crippen LogP contribution in [0.3, 0.4) is 0 Å². The maximum atomic E-state index is 4.37. The van der Waals surface area contributed by atoms with Crippen molar-refractivity contribution in [2.24, 2.45) is 5.92 Å². The van der Waals surface area contributed by atoms with Crippen molar-refractivity contribution in [2.75, 3.05) is 20.1 Å². The van der Waals surface area contributed by atoms with Crippen molar-refractivity contribution in [3.05, 3.63) is 28.5 Å². The highest BCUT2D eigenvalue weighted by Gasteiger charge is 2.40. The van der Waals surface area contributed by atoms with Crippen molar-refractivity contribution in [1.29, 1.82) is 0 Å². The van der Waals surface area contributed by atoms with Gasteiger partial charge in [0.25, 0.3) is 0 Å². The quantitative estimate of drug-likeness (QED) is 0.923. The third-order valence-corrected chi connectivity index (χ3v) is 4.78. The number of nitrogens with zero attached hydrogens (tertiary/aromatic N) is 2. The Kier molecular flexibility index (Phi) is 4.20. The van der Waals surface area contributed by atoms with E-state index in [9.17, 15) is 0 Å². The predicted octanol–water partition coefficient (Wildman–Crippen LogP) is 2.98. The Morgan fingerprint density at radius 1 is 1.37 bits per heavy atom. The van der Waals surface area contributed by atoms with Gasteiger partial charge in [-0.3, -0.25) is 9.88 Å². The van der Waals surface area contributed by atoms with E-state index in [0.717, 1.165) is 17.1 Å². The van der Waals surface area contributed by atoms with E-state index in [1.165, 1.54) is 37.8 Å². The second-order valence-electron chi connectivity index (χ2n) is 5.81. The Hall–Kier alpha value is -0.450. The molecule has 19 heavy (non-hydrogen) atoms. The first kappa shape index (κ1) is 13.5. The number of rotatable bonds is 4. The lowest BCUT2D eigenvalue weighted by molar-refractivity contribution is 0.0842. The Morgan fingerprint density at radius 3 is 2.89 bits per heavy atom. The minimum Gasteiger partial charge on any atom is -0.319 e. The van der Waals surface area contributed by atoms with Crippen LogP contribution in [0, 0.1) is 5.92 Å². The highest BCUT2D eigenvalue weighted by atomic mass is 79.9. The molecular formula is C15H22BrN3.